The summed E-state index contributed by atoms with van der Waals surface area (Å²) in [6.45, 7) is 6.10. The predicted molar refractivity (Wildman–Crippen MR) is 71.9 cm³/mol. The number of hydrogen-bond donors (Lipinski definition) is 1. The Morgan fingerprint density at radius 1 is 1.37 bits per heavy atom. The highest BCUT2D eigenvalue weighted by Gasteiger charge is 2.17. The zero-order valence-electron chi connectivity index (χ0n) is 11.3. The van der Waals surface area contributed by atoms with Crippen LogP contribution in [0.1, 0.15) is 25.3 Å². The summed E-state index contributed by atoms with van der Waals surface area (Å²) in [4.78, 5) is 13.6. The first-order chi connectivity index (χ1) is 9.08. The average Bonchev–Trinajstić information content (AvgIpc) is 2.39. The van der Waals surface area contributed by atoms with Crippen LogP contribution in [0.2, 0.25) is 0 Å². The second-order valence-corrected chi connectivity index (χ2v) is 4.92. The summed E-state index contributed by atoms with van der Waals surface area (Å²) in [6.07, 6.45) is 0. The fourth-order valence-corrected chi connectivity index (χ4v) is 2.04. The van der Waals surface area contributed by atoms with Crippen LogP contribution in [0.4, 0.5) is 14.9 Å². The number of rotatable bonds is 2. The Balaban J connectivity index is 2.02. The Kier molecular flexibility index (Phi) is 4.37. The van der Waals surface area contributed by atoms with E-state index in [-0.39, 0.29) is 17.8 Å². The molecule has 1 N–H and O–H groups in total. The first kappa shape index (κ1) is 13.8. The molecule has 0 spiro atoms. The number of benzene rings is 1. The zero-order valence-corrected chi connectivity index (χ0v) is 11.3. The summed E-state index contributed by atoms with van der Waals surface area (Å²) in [5.74, 6) is -0.154. The lowest BCUT2D eigenvalue weighted by Gasteiger charge is -2.27. The van der Waals surface area contributed by atoms with Gasteiger partial charge in [-0.2, -0.15) is 0 Å². The maximum Gasteiger partial charge on any atom is 0.322 e. The molecule has 2 rings (SSSR count). The maximum absolute atomic E-state index is 13.8. The van der Waals surface area contributed by atoms with Crippen molar-refractivity contribution in [3.8, 4) is 0 Å². The van der Waals surface area contributed by atoms with Gasteiger partial charge in [0.2, 0.25) is 0 Å². The van der Waals surface area contributed by atoms with Gasteiger partial charge in [-0.15, -0.1) is 0 Å². The Hall–Kier alpha value is -1.62. The number of amides is 2. The summed E-state index contributed by atoms with van der Waals surface area (Å²) in [7, 11) is 0. The third-order valence-electron chi connectivity index (χ3n) is 3.17. The van der Waals surface area contributed by atoms with Crippen molar-refractivity contribution >= 4 is 11.7 Å². The minimum atomic E-state index is -0.283. The maximum atomic E-state index is 13.8. The normalized spacial score (nSPS) is 15.7. The van der Waals surface area contributed by atoms with Gasteiger partial charge >= 0.3 is 6.03 Å². The van der Waals surface area contributed by atoms with Gasteiger partial charge in [-0.1, -0.05) is 19.9 Å². The molecule has 1 aliphatic rings. The van der Waals surface area contributed by atoms with Crippen molar-refractivity contribution in [2.24, 2.45) is 0 Å². The van der Waals surface area contributed by atoms with Gasteiger partial charge in [0, 0.05) is 18.8 Å². The van der Waals surface area contributed by atoms with Crippen LogP contribution in [0.15, 0.2) is 18.2 Å². The molecule has 0 saturated carbocycles. The smallest absolute Gasteiger partial charge is 0.322 e. The Bertz CT molecular complexity index is 457. The van der Waals surface area contributed by atoms with Crippen molar-refractivity contribution in [1.29, 1.82) is 0 Å². The molecule has 2 amide bonds. The first-order valence-corrected chi connectivity index (χ1v) is 6.51. The molecule has 1 saturated heterocycles. The van der Waals surface area contributed by atoms with Crippen molar-refractivity contribution < 1.29 is 13.9 Å². The molecule has 0 atom stereocenters. The second-order valence-electron chi connectivity index (χ2n) is 4.92. The van der Waals surface area contributed by atoms with E-state index in [4.69, 9.17) is 4.74 Å². The number of nitrogens with zero attached hydrogens (tertiary/aromatic N) is 1. The van der Waals surface area contributed by atoms with Gasteiger partial charge in [0.1, 0.15) is 5.82 Å². The van der Waals surface area contributed by atoms with E-state index in [1.54, 1.807) is 17.0 Å². The molecule has 5 heteroatoms. The topological polar surface area (TPSA) is 41.6 Å². The molecule has 1 aromatic rings. The van der Waals surface area contributed by atoms with Gasteiger partial charge in [-0.25, -0.2) is 9.18 Å². The molecule has 0 aliphatic carbocycles. The molecule has 1 aliphatic heterocycles. The zero-order chi connectivity index (χ0) is 13.8. The summed E-state index contributed by atoms with van der Waals surface area (Å²) in [5.41, 5.74) is 1.14. The summed E-state index contributed by atoms with van der Waals surface area (Å²) in [6, 6.07) is 4.61. The molecule has 0 unspecified atom stereocenters. The lowest BCUT2D eigenvalue weighted by molar-refractivity contribution is 0.0564. The number of nitrogens with one attached hydrogen (secondary N) is 1. The van der Waals surface area contributed by atoms with Gasteiger partial charge < -0.3 is 15.0 Å². The van der Waals surface area contributed by atoms with E-state index in [9.17, 15) is 9.18 Å². The van der Waals surface area contributed by atoms with E-state index in [0.717, 1.165) is 0 Å². The highest BCUT2D eigenvalue weighted by atomic mass is 19.1. The van der Waals surface area contributed by atoms with Crippen LogP contribution in [0.3, 0.4) is 0 Å². The number of halogens is 1. The fourth-order valence-electron chi connectivity index (χ4n) is 2.04. The fraction of sp³-hybridized carbons (Fsp3) is 0.500. The van der Waals surface area contributed by atoms with Crippen LogP contribution in [-0.2, 0) is 4.74 Å². The summed E-state index contributed by atoms with van der Waals surface area (Å²) >= 11 is 0. The van der Waals surface area contributed by atoms with Crippen molar-refractivity contribution in [2.45, 2.75) is 19.8 Å². The van der Waals surface area contributed by atoms with E-state index >= 15 is 0 Å². The molecule has 104 valence electrons. The summed E-state index contributed by atoms with van der Waals surface area (Å²) in [5, 5.41) is 2.71. The third kappa shape index (κ3) is 3.44. The number of urea groups is 1. The van der Waals surface area contributed by atoms with E-state index in [2.05, 4.69) is 5.32 Å². The standard InChI is InChI=1S/C14H19FN2O2/c1-10(2)12-4-3-11(9-13(12)15)16-14(18)17-5-7-19-8-6-17/h3-4,9-10H,5-8H2,1-2H3,(H,16,18). The van der Waals surface area contributed by atoms with Crippen LogP contribution >= 0.6 is 0 Å². The van der Waals surface area contributed by atoms with Crippen molar-refractivity contribution in [1.82, 2.24) is 4.90 Å². The Morgan fingerprint density at radius 2 is 2.05 bits per heavy atom. The van der Waals surface area contributed by atoms with Crippen LogP contribution < -0.4 is 5.32 Å². The molecule has 0 radical (unpaired) electrons. The van der Waals surface area contributed by atoms with Crippen molar-refractivity contribution in [3.05, 3.63) is 29.6 Å². The van der Waals surface area contributed by atoms with Gasteiger partial charge in [0.25, 0.3) is 0 Å². The average molecular weight is 266 g/mol. The third-order valence-corrected chi connectivity index (χ3v) is 3.17. The summed E-state index contributed by atoms with van der Waals surface area (Å²) < 4.78 is 19.0. The first-order valence-electron chi connectivity index (χ1n) is 6.51. The number of hydrogen-bond acceptors (Lipinski definition) is 2. The van der Waals surface area contributed by atoms with Crippen LogP contribution in [0, 0.1) is 5.82 Å². The van der Waals surface area contributed by atoms with Crippen LogP contribution in [0.25, 0.3) is 0 Å². The highest BCUT2D eigenvalue weighted by molar-refractivity contribution is 5.89. The molecule has 1 fully saturated rings. The molecule has 0 bridgehead atoms. The second kappa shape index (κ2) is 6.02. The molecule has 0 aromatic heterocycles. The molecule has 19 heavy (non-hydrogen) atoms. The molecule has 1 aromatic carbocycles. The highest BCUT2D eigenvalue weighted by Crippen LogP contribution is 2.21. The van der Waals surface area contributed by atoms with Gasteiger partial charge in [-0.05, 0) is 23.6 Å². The van der Waals surface area contributed by atoms with Crippen molar-refractivity contribution in [2.75, 3.05) is 31.6 Å². The number of morpholine rings is 1. The van der Waals surface area contributed by atoms with E-state index in [1.807, 2.05) is 13.8 Å². The predicted octanol–water partition coefficient (Wildman–Crippen LogP) is 2.81. The van der Waals surface area contributed by atoms with Gasteiger partial charge in [0.15, 0.2) is 0 Å². The van der Waals surface area contributed by atoms with Gasteiger partial charge in [-0.3, -0.25) is 0 Å². The molecule has 4 nitrogen and oxygen atoms in total. The number of carbonyl (C=O) groups excluding carboxylic acids is 1. The SMILES string of the molecule is CC(C)c1ccc(NC(=O)N2CCOCC2)cc1F. The number of ether oxygens (including phenoxy) is 1. The van der Waals surface area contributed by atoms with Crippen molar-refractivity contribution in [3.63, 3.8) is 0 Å². The quantitative estimate of drug-likeness (QED) is 0.894. The lowest BCUT2D eigenvalue weighted by Crippen LogP contribution is -2.43. The van der Waals surface area contributed by atoms with E-state index < -0.39 is 0 Å². The number of carbonyl (C=O) groups is 1. The van der Waals surface area contributed by atoms with Crippen LogP contribution in [-0.4, -0.2) is 37.2 Å². The van der Waals surface area contributed by atoms with Gasteiger partial charge in [0.05, 0.1) is 13.2 Å². The Labute approximate surface area is 112 Å². The minimum absolute atomic E-state index is 0.129. The minimum Gasteiger partial charge on any atom is -0.378 e. The largest absolute Gasteiger partial charge is 0.378 e. The molecular weight excluding hydrogens is 247 g/mol. The number of anilines is 1. The van der Waals surface area contributed by atoms with E-state index in [1.165, 1.54) is 6.07 Å². The molecule has 1 heterocycles. The van der Waals surface area contributed by atoms with E-state index in [0.29, 0.717) is 37.6 Å². The monoisotopic (exact) mass is 266 g/mol. The lowest BCUT2D eigenvalue weighted by atomic mass is 10.0. The Morgan fingerprint density at radius 3 is 2.63 bits per heavy atom. The molecular formula is C14H19FN2O2. The van der Waals surface area contributed by atoms with Crippen LogP contribution in [0.5, 0.6) is 0 Å².